The van der Waals surface area contributed by atoms with Gasteiger partial charge in [0.25, 0.3) is 0 Å². The van der Waals surface area contributed by atoms with Gasteiger partial charge in [-0.15, -0.1) is 11.3 Å². The number of rotatable bonds is 5. The number of thiophene rings is 1. The van der Waals surface area contributed by atoms with Crippen LogP contribution in [-0.2, 0) is 12.8 Å². The number of alkyl halides is 1. The van der Waals surface area contributed by atoms with Crippen molar-refractivity contribution in [1.29, 1.82) is 0 Å². The fourth-order valence-corrected chi connectivity index (χ4v) is 3.05. The van der Waals surface area contributed by atoms with Crippen LogP contribution in [0.15, 0.2) is 12.1 Å². The molecule has 1 fully saturated rings. The summed E-state index contributed by atoms with van der Waals surface area (Å²) in [4.78, 5) is 2.48. The first-order chi connectivity index (χ1) is 7.18. The van der Waals surface area contributed by atoms with Crippen LogP contribution in [0, 0.1) is 5.92 Å². The van der Waals surface area contributed by atoms with Crippen LogP contribution >= 0.6 is 11.3 Å². The van der Waals surface area contributed by atoms with E-state index < -0.39 is 5.67 Å². The quantitative estimate of drug-likeness (QED) is 0.822. The highest BCUT2D eigenvalue weighted by molar-refractivity contribution is 7.12. The third-order valence-corrected chi connectivity index (χ3v) is 4.41. The van der Waals surface area contributed by atoms with Crippen molar-refractivity contribution in [2.45, 2.75) is 38.3 Å². The second-order valence-corrected chi connectivity index (χ2v) is 5.66. The summed E-state index contributed by atoms with van der Waals surface area (Å²) in [6.45, 7) is 2.29. The molecular weight excluding hydrogens is 209 g/mol. The molecule has 0 spiro atoms. The highest BCUT2D eigenvalue weighted by Crippen LogP contribution is 2.44. The van der Waals surface area contributed by atoms with Gasteiger partial charge < -0.3 is 5.73 Å². The summed E-state index contributed by atoms with van der Waals surface area (Å²) in [5, 5.41) is 0. The maximum Gasteiger partial charge on any atom is 0.130 e. The number of halogens is 1. The predicted octanol–water partition coefficient (Wildman–Crippen LogP) is 2.93. The molecule has 0 aliphatic heterocycles. The van der Waals surface area contributed by atoms with E-state index in [9.17, 15) is 4.39 Å². The van der Waals surface area contributed by atoms with Gasteiger partial charge in [0.15, 0.2) is 0 Å². The molecule has 1 aliphatic rings. The molecule has 1 aliphatic carbocycles. The Bertz CT molecular complexity index is 332. The molecular formula is C12H18FNS. The molecule has 0 saturated heterocycles. The van der Waals surface area contributed by atoms with Gasteiger partial charge in [-0.1, -0.05) is 6.92 Å². The van der Waals surface area contributed by atoms with Gasteiger partial charge >= 0.3 is 0 Å². The summed E-state index contributed by atoms with van der Waals surface area (Å²) < 4.78 is 14.4. The van der Waals surface area contributed by atoms with Gasteiger partial charge in [0.1, 0.15) is 5.67 Å². The largest absolute Gasteiger partial charge is 0.328 e. The molecule has 0 amide bonds. The molecule has 2 N–H and O–H groups in total. The number of aryl methyl sites for hydroxylation is 1. The highest BCUT2D eigenvalue weighted by atomic mass is 32.1. The summed E-state index contributed by atoms with van der Waals surface area (Å²) in [5.74, 6) is 0.217. The monoisotopic (exact) mass is 227 g/mol. The average Bonchev–Trinajstić information content (AvgIpc) is 3.01. The van der Waals surface area contributed by atoms with Crippen LogP contribution < -0.4 is 5.73 Å². The molecule has 1 heterocycles. The molecule has 0 bridgehead atoms. The van der Waals surface area contributed by atoms with E-state index in [0.717, 1.165) is 24.1 Å². The summed E-state index contributed by atoms with van der Waals surface area (Å²) in [6.07, 6.45) is 3.58. The van der Waals surface area contributed by atoms with E-state index in [1.807, 2.05) is 0 Å². The van der Waals surface area contributed by atoms with Gasteiger partial charge in [0, 0.05) is 22.7 Å². The lowest BCUT2D eigenvalue weighted by atomic mass is 9.95. The lowest BCUT2D eigenvalue weighted by Crippen LogP contribution is -2.37. The molecule has 0 radical (unpaired) electrons. The molecule has 1 atom stereocenters. The molecule has 1 unspecified atom stereocenters. The highest BCUT2D eigenvalue weighted by Gasteiger charge is 2.44. The number of nitrogens with two attached hydrogens (primary N) is 1. The van der Waals surface area contributed by atoms with Crippen molar-refractivity contribution in [2.75, 3.05) is 6.54 Å². The van der Waals surface area contributed by atoms with Crippen molar-refractivity contribution >= 4 is 11.3 Å². The Kier molecular flexibility index (Phi) is 3.12. The molecule has 1 saturated carbocycles. The Morgan fingerprint density at radius 3 is 2.60 bits per heavy atom. The summed E-state index contributed by atoms with van der Waals surface area (Å²) in [7, 11) is 0. The maximum absolute atomic E-state index is 14.4. The Morgan fingerprint density at radius 2 is 2.13 bits per heavy atom. The maximum atomic E-state index is 14.4. The van der Waals surface area contributed by atoms with Gasteiger partial charge in [0.05, 0.1) is 0 Å². The fraction of sp³-hybridized carbons (Fsp3) is 0.667. The van der Waals surface area contributed by atoms with Crippen LogP contribution in [0.2, 0.25) is 0 Å². The van der Waals surface area contributed by atoms with Crippen molar-refractivity contribution in [3.63, 3.8) is 0 Å². The second kappa shape index (κ2) is 4.22. The summed E-state index contributed by atoms with van der Waals surface area (Å²) in [6, 6.07) is 4.15. The molecule has 15 heavy (non-hydrogen) atoms. The minimum atomic E-state index is -1.14. The first kappa shape index (κ1) is 11.1. The Morgan fingerprint density at radius 1 is 1.47 bits per heavy atom. The Hall–Kier alpha value is -0.410. The van der Waals surface area contributed by atoms with Gasteiger partial charge in [-0.05, 0) is 37.3 Å². The predicted molar refractivity (Wildman–Crippen MR) is 63.0 cm³/mol. The molecule has 3 heteroatoms. The molecule has 0 aromatic carbocycles. The van der Waals surface area contributed by atoms with E-state index in [2.05, 4.69) is 19.1 Å². The Labute approximate surface area is 94.5 Å². The zero-order valence-electron chi connectivity index (χ0n) is 9.13. The smallest absolute Gasteiger partial charge is 0.130 e. The molecule has 2 rings (SSSR count). The average molecular weight is 227 g/mol. The van der Waals surface area contributed by atoms with E-state index in [4.69, 9.17) is 5.73 Å². The minimum Gasteiger partial charge on any atom is -0.328 e. The zero-order valence-corrected chi connectivity index (χ0v) is 9.95. The van der Waals surface area contributed by atoms with Crippen LogP contribution in [-0.4, -0.2) is 12.2 Å². The lowest BCUT2D eigenvalue weighted by molar-refractivity contribution is 0.144. The normalized spacial score (nSPS) is 20.2. The first-order valence-corrected chi connectivity index (χ1v) is 6.46. The zero-order chi connectivity index (χ0) is 10.9. The summed E-state index contributed by atoms with van der Waals surface area (Å²) in [5.41, 5.74) is 4.42. The molecule has 1 aromatic heterocycles. The van der Waals surface area contributed by atoms with E-state index in [1.165, 1.54) is 4.88 Å². The van der Waals surface area contributed by atoms with Crippen molar-refractivity contribution < 1.29 is 4.39 Å². The van der Waals surface area contributed by atoms with E-state index in [-0.39, 0.29) is 12.5 Å². The second-order valence-electron chi connectivity index (χ2n) is 4.41. The van der Waals surface area contributed by atoms with Gasteiger partial charge in [0.2, 0.25) is 0 Å². The van der Waals surface area contributed by atoms with Crippen LogP contribution in [0.1, 0.15) is 29.5 Å². The van der Waals surface area contributed by atoms with E-state index in [0.29, 0.717) is 6.42 Å². The van der Waals surface area contributed by atoms with Crippen LogP contribution in [0.3, 0.4) is 0 Å². The molecule has 1 aromatic rings. The van der Waals surface area contributed by atoms with E-state index >= 15 is 0 Å². The minimum absolute atomic E-state index is 0.164. The first-order valence-electron chi connectivity index (χ1n) is 5.64. The van der Waals surface area contributed by atoms with Crippen molar-refractivity contribution in [3.8, 4) is 0 Å². The van der Waals surface area contributed by atoms with Crippen molar-refractivity contribution in [2.24, 2.45) is 11.7 Å². The van der Waals surface area contributed by atoms with Crippen LogP contribution in [0.4, 0.5) is 4.39 Å². The lowest BCUT2D eigenvalue weighted by Gasteiger charge is -2.22. The molecule has 1 nitrogen and oxygen atoms in total. The molecule has 84 valence electrons. The van der Waals surface area contributed by atoms with Crippen molar-refractivity contribution in [1.82, 2.24) is 0 Å². The van der Waals surface area contributed by atoms with E-state index in [1.54, 1.807) is 11.3 Å². The van der Waals surface area contributed by atoms with Crippen molar-refractivity contribution in [3.05, 3.63) is 21.9 Å². The van der Waals surface area contributed by atoms with Crippen LogP contribution in [0.25, 0.3) is 0 Å². The van der Waals surface area contributed by atoms with Gasteiger partial charge in [-0.25, -0.2) is 4.39 Å². The SMILES string of the molecule is CCc1ccc(CC(F)(CN)C2CC2)s1. The number of hydrogen-bond acceptors (Lipinski definition) is 2. The number of hydrogen-bond donors (Lipinski definition) is 1. The van der Waals surface area contributed by atoms with Gasteiger partial charge in [-0.2, -0.15) is 0 Å². The topological polar surface area (TPSA) is 26.0 Å². The standard InChI is InChI=1S/C12H18FNS/c1-2-10-5-6-11(15-10)7-12(13,8-14)9-3-4-9/h5-6,9H,2-4,7-8,14H2,1H3. The summed E-state index contributed by atoms with van der Waals surface area (Å²) >= 11 is 1.72. The van der Waals surface area contributed by atoms with Crippen LogP contribution in [0.5, 0.6) is 0 Å². The van der Waals surface area contributed by atoms with Gasteiger partial charge in [-0.3, -0.25) is 0 Å². The fourth-order valence-electron chi connectivity index (χ4n) is 1.98. The Balaban J connectivity index is 2.05. The third kappa shape index (κ3) is 2.40. The third-order valence-electron chi connectivity index (χ3n) is 3.18.